The Kier molecular flexibility index (Phi) is 10.7. The van der Waals surface area contributed by atoms with E-state index in [9.17, 15) is 23.6 Å². The fourth-order valence-corrected chi connectivity index (χ4v) is 7.20. The molecule has 5 fully saturated rings. The average Bonchev–Trinajstić information content (AvgIpc) is 3.02. The number of halogens is 2. The molecule has 0 bridgehead atoms. The topological polar surface area (TPSA) is 101 Å². The van der Waals surface area contributed by atoms with Gasteiger partial charge in [-0.3, -0.25) is 19.4 Å². The zero-order valence-electron chi connectivity index (χ0n) is 24.9. The quantitative estimate of drug-likeness (QED) is 0.452. The van der Waals surface area contributed by atoms with E-state index < -0.39 is 17.4 Å². The number of carbonyl (C=O) groups excluding carboxylic acids is 2. The Balaban J connectivity index is 1.15. The smallest absolute Gasteiger partial charge is 0.248 e. The number of nitriles is 1. The van der Waals surface area contributed by atoms with E-state index in [0.717, 1.165) is 58.8 Å². The molecular formula is C30H48F2N6O4. The first-order chi connectivity index (χ1) is 20.3. The van der Waals surface area contributed by atoms with Crippen LogP contribution in [0.5, 0.6) is 0 Å². The molecule has 1 aliphatic carbocycles. The molecule has 4 aliphatic heterocycles. The largest absolute Gasteiger partial charge is 0.381 e. The Morgan fingerprint density at radius 1 is 0.833 bits per heavy atom. The van der Waals surface area contributed by atoms with Crippen molar-refractivity contribution in [2.24, 2.45) is 11.3 Å². The predicted molar refractivity (Wildman–Crippen MR) is 152 cm³/mol. The fourth-order valence-electron chi connectivity index (χ4n) is 7.20. The van der Waals surface area contributed by atoms with Crippen molar-refractivity contribution in [3.05, 3.63) is 0 Å². The summed E-state index contributed by atoms with van der Waals surface area (Å²) in [6, 6.07) is 1.74. The lowest BCUT2D eigenvalue weighted by molar-refractivity contribution is -0.144. The van der Waals surface area contributed by atoms with Gasteiger partial charge in [-0.1, -0.05) is 0 Å². The van der Waals surface area contributed by atoms with Gasteiger partial charge in [-0.2, -0.15) is 5.26 Å². The highest BCUT2D eigenvalue weighted by Crippen LogP contribution is 2.35. The van der Waals surface area contributed by atoms with E-state index in [2.05, 4.69) is 26.1 Å². The van der Waals surface area contributed by atoms with Crippen molar-refractivity contribution in [3.63, 3.8) is 0 Å². The number of nitrogens with one attached hydrogen (secondary N) is 1. The van der Waals surface area contributed by atoms with Crippen LogP contribution in [0.1, 0.15) is 51.4 Å². The van der Waals surface area contributed by atoms with Crippen molar-refractivity contribution in [3.8, 4) is 6.07 Å². The Bertz CT molecular complexity index is 942. The number of nitrogens with zero attached hydrogens (tertiary/aromatic N) is 5. The summed E-state index contributed by atoms with van der Waals surface area (Å²) < 4.78 is 38.3. The Morgan fingerprint density at radius 3 is 2.07 bits per heavy atom. The summed E-state index contributed by atoms with van der Waals surface area (Å²) in [5.41, 5.74) is -0.984. The van der Waals surface area contributed by atoms with E-state index in [1.54, 1.807) is 0 Å². The summed E-state index contributed by atoms with van der Waals surface area (Å²) in [6.07, 6.45) is 3.43. The van der Waals surface area contributed by atoms with E-state index in [4.69, 9.17) is 9.47 Å². The van der Waals surface area contributed by atoms with Crippen LogP contribution >= 0.6 is 0 Å². The lowest BCUT2D eigenvalue weighted by Gasteiger charge is -2.44. The minimum absolute atomic E-state index is 0.0762. The van der Waals surface area contributed by atoms with Crippen LogP contribution in [0.2, 0.25) is 0 Å². The molecule has 4 heterocycles. The number of piperazine rings is 1. The molecule has 0 aromatic rings. The molecule has 0 aromatic carbocycles. The Hall–Kier alpha value is -1.91. The number of alkyl halides is 2. The normalized spacial score (nSPS) is 27.7. The summed E-state index contributed by atoms with van der Waals surface area (Å²) >= 11 is 0. The number of rotatable bonds is 8. The Labute approximate surface area is 248 Å². The van der Waals surface area contributed by atoms with Crippen molar-refractivity contribution < 1.29 is 27.8 Å². The maximum Gasteiger partial charge on any atom is 0.248 e. The molecule has 0 radical (unpaired) electrons. The fraction of sp³-hybridized carbons (Fsp3) is 0.900. The zero-order chi connectivity index (χ0) is 29.6. The van der Waals surface area contributed by atoms with Gasteiger partial charge in [0.25, 0.3) is 0 Å². The van der Waals surface area contributed by atoms with Gasteiger partial charge in [-0.25, -0.2) is 8.78 Å². The van der Waals surface area contributed by atoms with Crippen molar-refractivity contribution in [2.75, 3.05) is 91.9 Å². The molecule has 0 unspecified atom stereocenters. The molecular weight excluding hydrogens is 546 g/mol. The molecule has 0 aromatic heterocycles. The van der Waals surface area contributed by atoms with Gasteiger partial charge in [0.05, 0.1) is 19.3 Å². The van der Waals surface area contributed by atoms with Crippen LogP contribution < -0.4 is 5.32 Å². The van der Waals surface area contributed by atoms with Gasteiger partial charge >= 0.3 is 0 Å². The monoisotopic (exact) mass is 594 g/mol. The van der Waals surface area contributed by atoms with Crippen LogP contribution in [0.4, 0.5) is 8.78 Å². The highest BCUT2D eigenvalue weighted by molar-refractivity contribution is 5.86. The number of morpholine rings is 1. The first-order valence-corrected chi connectivity index (χ1v) is 16.0. The zero-order valence-corrected chi connectivity index (χ0v) is 24.9. The molecule has 236 valence electrons. The van der Waals surface area contributed by atoms with Gasteiger partial charge < -0.3 is 24.6 Å². The minimum atomic E-state index is -2.64. The van der Waals surface area contributed by atoms with Crippen molar-refractivity contribution >= 4 is 11.8 Å². The third-order valence-electron chi connectivity index (χ3n) is 10.1. The minimum Gasteiger partial charge on any atom is -0.381 e. The van der Waals surface area contributed by atoms with E-state index in [-0.39, 0.29) is 43.5 Å². The second-order valence-corrected chi connectivity index (χ2v) is 12.9. The maximum atomic E-state index is 13.7. The van der Waals surface area contributed by atoms with Crippen LogP contribution in [0.3, 0.4) is 0 Å². The van der Waals surface area contributed by atoms with Gasteiger partial charge in [-0.15, -0.1) is 0 Å². The number of carbonyl (C=O) groups is 2. The van der Waals surface area contributed by atoms with E-state index in [0.29, 0.717) is 64.7 Å². The van der Waals surface area contributed by atoms with Crippen LogP contribution in [0.25, 0.3) is 0 Å². The Morgan fingerprint density at radius 2 is 1.45 bits per heavy atom. The van der Waals surface area contributed by atoms with Gasteiger partial charge in [0, 0.05) is 97.5 Å². The molecule has 12 heteroatoms. The number of ether oxygens (including phenoxy) is 2. The summed E-state index contributed by atoms with van der Waals surface area (Å²) in [5, 5.41) is 13.2. The summed E-state index contributed by atoms with van der Waals surface area (Å²) in [7, 11) is 0. The highest BCUT2D eigenvalue weighted by Gasteiger charge is 2.45. The number of amides is 2. The molecule has 1 N–H and O–H groups in total. The standard InChI is InChI=1S/C30H48F2N6O4/c31-30(32)5-1-25(2-6-30)34-27(39)26(22-36-15-19-42-20-16-36)37-11-13-38(14-12-37)28(40)29(23-33)7-9-35(10-8-29)21-24-3-17-41-18-4-24/h24-26H,1-22H2,(H,34,39)/t26-/m0/s1. The van der Waals surface area contributed by atoms with Gasteiger partial charge in [0.1, 0.15) is 11.5 Å². The molecule has 2 amide bonds. The molecule has 1 saturated carbocycles. The van der Waals surface area contributed by atoms with Crippen molar-refractivity contribution in [1.29, 1.82) is 5.26 Å². The van der Waals surface area contributed by atoms with E-state index in [1.165, 1.54) is 0 Å². The SMILES string of the molecule is N#CC1(C(=O)N2CCN([C@@H](CN3CCOCC3)C(=O)NC3CCC(F)(F)CC3)CC2)CCN(CC2CCOCC2)CC1. The van der Waals surface area contributed by atoms with E-state index in [1.807, 2.05) is 4.90 Å². The molecule has 1 atom stereocenters. The molecule has 42 heavy (non-hydrogen) atoms. The summed E-state index contributed by atoms with van der Waals surface area (Å²) in [5.74, 6) is -2.21. The van der Waals surface area contributed by atoms with E-state index >= 15 is 0 Å². The summed E-state index contributed by atoms with van der Waals surface area (Å²) in [6.45, 7) is 9.44. The highest BCUT2D eigenvalue weighted by atomic mass is 19.3. The van der Waals surface area contributed by atoms with Crippen molar-refractivity contribution in [2.45, 2.75) is 69.4 Å². The third kappa shape index (κ3) is 7.97. The maximum absolute atomic E-state index is 13.7. The second-order valence-electron chi connectivity index (χ2n) is 12.9. The first-order valence-electron chi connectivity index (χ1n) is 16.0. The van der Waals surface area contributed by atoms with Gasteiger partial charge in [0.2, 0.25) is 17.7 Å². The second kappa shape index (κ2) is 14.2. The lowest BCUT2D eigenvalue weighted by Crippen LogP contribution is -2.62. The molecule has 0 spiro atoms. The summed E-state index contributed by atoms with van der Waals surface area (Å²) in [4.78, 5) is 35.8. The first kappa shape index (κ1) is 31.5. The predicted octanol–water partition coefficient (Wildman–Crippen LogP) is 1.56. The number of piperidine rings is 1. The molecule has 5 aliphatic rings. The average molecular weight is 595 g/mol. The van der Waals surface area contributed by atoms with Crippen LogP contribution in [0.15, 0.2) is 0 Å². The molecule has 4 saturated heterocycles. The lowest BCUT2D eigenvalue weighted by atomic mass is 9.78. The van der Waals surface area contributed by atoms with Gasteiger partial charge in [0.15, 0.2) is 0 Å². The molecule has 10 nitrogen and oxygen atoms in total. The van der Waals surface area contributed by atoms with Crippen LogP contribution in [0, 0.1) is 22.7 Å². The molecule has 5 rings (SSSR count). The number of hydrogen-bond acceptors (Lipinski definition) is 8. The van der Waals surface area contributed by atoms with Crippen LogP contribution in [-0.2, 0) is 19.1 Å². The van der Waals surface area contributed by atoms with Gasteiger partial charge in [-0.05, 0) is 44.4 Å². The van der Waals surface area contributed by atoms with Crippen molar-refractivity contribution in [1.82, 2.24) is 24.9 Å². The number of likely N-dealkylation sites (tertiary alicyclic amines) is 1. The number of hydrogen-bond donors (Lipinski definition) is 1. The van der Waals surface area contributed by atoms with Crippen LogP contribution in [-0.4, -0.2) is 141 Å². The third-order valence-corrected chi connectivity index (χ3v) is 10.1.